The molecule has 2 aromatic heterocycles. The number of nitrogens with zero attached hydrogens (tertiary/aromatic N) is 4. The highest BCUT2D eigenvalue weighted by Crippen LogP contribution is 2.05. The van der Waals surface area contributed by atoms with Crippen molar-refractivity contribution in [1.29, 1.82) is 0 Å². The zero-order valence-corrected chi connectivity index (χ0v) is 6.44. The first-order valence-corrected chi connectivity index (χ1v) is 3.38. The summed E-state index contributed by atoms with van der Waals surface area (Å²) in [4.78, 5) is 12.3. The van der Waals surface area contributed by atoms with Crippen LogP contribution in [0.15, 0.2) is 12.5 Å². The second kappa shape index (κ2) is 2.02. The summed E-state index contributed by atoms with van der Waals surface area (Å²) >= 11 is 0. The molecule has 0 bridgehead atoms. The summed E-state index contributed by atoms with van der Waals surface area (Å²) in [6.07, 6.45) is 3.52. The van der Waals surface area contributed by atoms with Crippen molar-refractivity contribution in [2.75, 3.05) is 0 Å². The van der Waals surface area contributed by atoms with Crippen molar-refractivity contribution in [1.82, 2.24) is 19.5 Å². The van der Waals surface area contributed by atoms with Crippen molar-refractivity contribution >= 4 is 11.2 Å². The number of aryl methyl sites for hydroxylation is 2. The van der Waals surface area contributed by atoms with E-state index >= 15 is 0 Å². The van der Waals surface area contributed by atoms with Crippen LogP contribution in [0.5, 0.6) is 0 Å². The largest absolute Gasteiger partial charge is 0.331 e. The lowest BCUT2D eigenvalue weighted by atomic mass is 10.5. The van der Waals surface area contributed by atoms with Crippen LogP contribution in [0.2, 0.25) is 0 Å². The molecule has 0 aliphatic heterocycles. The molecule has 2 heterocycles. The summed E-state index contributed by atoms with van der Waals surface area (Å²) in [5.41, 5.74) is 1.73. The molecule has 0 unspecified atom stereocenters. The summed E-state index contributed by atoms with van der Waals surface area (Å²) in [5, 5.41) is 0. The fourth-order valence-corrected chi connectivity index (χ4v) is 0.999. The highest BCUT2D eigenvalue weighted by atomic mass is 15.1. The summed E-state index contributed by atoms with van der Waals surface area (Å²) in [7, 11) is 1.92. The monoisotopic (exact) mass is 148 g/mol. The Morgan fingerprint density at radius 1 is 1.36 bits per heavy atom. The molecule has 0 atom stereocenters. The van der Waals surface area contributed by atoms with Crippen LogP contribution in [0, 0.1) is 6.92 Å². The van der Waals surface area contributed by atoms with Gasteiger partial charge in [-0.05, 0) is 6.92 Å². The molecule has 0 saturated carbocycles. The maximum Gasteiger partial charge on any atom is 0.180 e. The maximum atomic E-state index is 4.15. The lowest BCUT2D eigenvalue weighted by molar-refractivity contribution is 0.943. The van der Waals surface area contributed by atoms with Crippen LogP contribution < -0.4 is 0 Å². The highest BCUT2D eigenvalue weighted by Gasteiger charge is 1.99. The third-order valence-electron chi connectivity index (χ3n) is 1.60. The van der Waals surface area contributed by atoms with Crippen LogP contribution >= 0.6 is 0 Å². The van der Waals surface area contributed by atoms with Crippen LogP contribution in [-0.4, -0.2) is 19.5 Å². The lowest BCUT2D eigenvalue weighted by Crippen LogP contribution is -1.89. The van der Waals surface area contributed by atoms with E-state index in [9.17, 15) is 0 Å². The van der Waals surface area contributed by atoms with Gasteiger partial charge in [0, 0.05) is 7.05 Å². The molecule has 0 fully saturated rings. The van der Waals surface area contributed by atoms with Crippen molar-refractivity contribution in [2.24, 2.45) is 7.05 Å². The van der Waals surface area contributed by atoms with E-state index in [2.05, 4.69) is 15.0 Å². The van der Waals surface area contributed by atoms with Gasteiger partial charge in [0.15, 0.2) is 5.65 Å². The molecule has 0 spiro atoms. The van der Waals surface area contributed by atoms with E-state index in [0.717, 1.165) is 17.0 Å². The van der Waals surface area contributed by atoms with Gasteiger partial charge in [0.05, 0.1) is 12.5 Å². The summed E-state index contributed by atoms with van der Waals surface area (Å²) in [5.74, 6) is 0.760. The van der Waals surface area contributed by atoms with E-state index in [1.165, 1.54) is 0 Å². The second-order valence-corrected chi connectivity index (χ2v) is 2.48. The first-order chi connectivity index (χ1) is 5.27. The van der Waals surface area contributed by atoms with Crippen LogP contribution in [0.4, 0.5) is 0 Å². The summed E-state index contributed by atoms with van der Waals surface area (Å²) in [6, 6.07) is 0. The Balaban J connectivity index is 2.86. The van der Waals surface area contributed by atoms with E-state index < -0.39 is 0 Å². The van der Waals surface area contributed by atoms with E-state index in [1.54, 1.807) is 12.5 Å². The summed E-state index contributed by atoms with van der Waals surface area (Å²) in [6.45, 7) is 1.86. The molecule has 0 aliphatic rings. The quantitative estimate of drug-likeness (QED) is 0.551. The smallest absolute Gasteiger partial charge is 0.180 e. The normalized spacial score (nSPS) is 10.7. The SMILES string of the molecule is Cc1ncc2c(ncn2C)n1. The second-order valence-electron chi connectivity index (χ2n) is 2.48. The van der Waals surface area contributed by atoms with Crippen LogP contribution in [0.3, 0.4) is 0 Å². The predicted molar refractivity (Wildman–Crippen MR) is 41.0 cm³/mol. The Kier molecular flexibility index (Phi) is 1.15. The molecule has 0 amide bonds. The van der Waals surface area contributed by atoms with Gasteiger partial charge in [-0.2, -0.15) is 0 Å². The van der Waals surface area contributed by atoms with E-state index in [1.807, 2.05) is 18.5 Å². The molecule has 4 nitrogen and oxygen atoms in total. The number of rotatable bonds is 0. The molecule has 2 rings (SSSR count). The molecule has 56 valence electrons. The van der Waals surface area contributed by atoms with Crippen molar-refractivity contribution in [2.45, 2.75) is 6.92 Å². The van der Waals surface area contributed by atoms with Gasteiger partial charge in [0.1, 0.15) is 11.3 Å². The molecule has 11 heavy (non-hydrogen) atoms. The minimum absolute atomic E-state index is 0.760. The maximum absolute atomic E-state index is 4.15. The first-order valence-electron chi connectivity index (χ1n) is 3.38. The van der Waals surface area contributed by atoms with Gasteiger partial charge in [-0.1, -0.05) is 0 Å². The van der Waals surface area contributed by atoms with E-state index in [-0.39, 0.29) is 0 Å². The number of hydrogen-bond acceptors (Lipinski definition) is 3. The van der Waals surface area contributed by atoms with E-state index in [4.69, 9.17) is 0 Å². The standard InChI is InChI=1S/C7H8N4/c1-5-8-3-6-7(10-5)9-4-11(6)2/h3-4H,1-2H3. The molecular formula is C7H8N4. The van der Waals surface area contributed by atoms with Crippen LogP contribution in [-0.2, 0) is 7.05 Å². The first kappa shape index (κ1) is 6.27. The molecular weight excluding hydrogens is 140 g/mol. The highest BCUT2D eigenvalue weighted by molar-refractivity contribution is 5.69. The Morgan fingerprint density at radius 2 is 2.18 bits per heavy atom. The number of imidazole rings is 1. The molecule has 2 aromatic rings. The molecule has 4 heteroatoms. The third-order valence-corrected chi connectivity index (χ3v) is 1.60. The van der Waals surface area contributed by atoms with Crippen molar-refractivity contribution in [3.63, 3.8) is 0 Å². The molecule has 0 radical (unpaired) electrons. The van der Waals surface area contributed by atoms with Gasteiger partial charge in [0.25, 0.3) is 0 Å². The van der Waals surface area contributed by atoms with Crippen molar-refractivity contribution < 1.29 is 0 Å². The minimum atomic E-state index is 0.760. The molecule has 0 saturated heterocycles. The predicted octanol–water partition coefficient (Wildman–Crippen LogP) is 0.672. The van der Waals surface area contributed by atoms with E-state index in [0.29, 0.717) is 0 Å². The number of hydrogen-bond donors (Lipinski definition) is 0. The fraction of sp³-hybridized carbons (Fsp3) is 0.286. The zero-order chi connectivity index (χ0) is 7.84. The van der Waals surface area contributed by atoms with Gasteiger partial charge in [0.2, 0.25) is 0 Å². The zero-order valence-electron chi connectivity index (χ0n) is 6.44. The van der Waals surface area contributed by atoms with Gasteiger partial charge in [-0.15, -0.1) is 0 Å². The molecule has 0 aromatic carbocycles. The Bertz CT molecular complexity index is 390. The molecule has 0 N–H and O–H groups in total. The fourth-order valence-electron chi connectivity index (χ4n) is 0.999. The van der Waals surface area contributed by atoms with Gasteiger partial charge >= 0.3 is 0 Å². The Labute approximate surface area is 63.9 Å². The number of aromatic nitrogens is 4. The third kappa shape index (κ3) is 0.869. The Morgan fingerprint density at radius 3 is 3.00 bits per heavy atom. The average Bonchev–Trinajstić information content (AvgIpc) is 2.32. The topological polar surface area (TPSA) is 43.6 Å². The van der Waals surface area contributed by atoms with Gasteiger partial charge in [-0.25, -0.2) is 15.0 Å². The minimum Gasteiger partial charge on any atom is -0.331 e. The van der Waals surface area contributed by atoms with Crippen LogP contribution in [0.25, 0.3) is 11.2 Å². The Hall–Kier alpha value is -1.45. The van der Waals surface area contributed by atoms with Gasteiger partial charge < -0.3 is 4.57 Å². The number of fused-ring (bicyclic) bond motifs is 1. The summed E-state index contributed by atoms with van der Waals surface area (Å²) < 4.78 is 1.90. The average molecular weight is 148 g/mol. The van der Waals surface area contributed by atoms with Crippen molar-refractivity contribution in [3.05, 3.63) is 18.3 Å². The van der Waals surface area contributed by atoms with Crippen LogP contribution in [0.1, 0.15) is 5.82 Å². The lowest BCUT2D eigenvalue weighted by Gasteiger charge is -1.92. The van der Waals surface area contributed by atoms with Gasteiger partial charge in [-0.3, -0.25) is 0 Å². The van der Waals surface area contributed by atoms with Crippen molar-refractivity contribution in [3.8, 4) is 0 Å². The molecule has 0 aliphatic carbocycles.